The molecule has 0 saturated carbocycles. The minimum absolute atomic E-state index is 0.175. The Labute approximate surface area is 136 Å². The molecule has 10 heteroatoms. The minimum atomic E-state index is -3.31. The van der Waals surface area contributed by atoms with Gasteiger partial charge in [-0.2, -0.15) is 4.31 Å². The molecule has 23 heavy (non-hydrogen) atoms. The van der Waals surface area contributed by atoms with Crippen LogP contribution in [0, 0.1) is 0 Å². The van der Waals surface area contributed by atoms with Crippen molar-refractivity contribution in [1.29, 1.82) is 0 Å². The van der Waals surface area contributed by atoms with Crippen molar-refractivity contribution in [3.05, 3.63) is 0 Å². The summed E-state index contributed by atoms with van der Waals surface area (Å²) in [7, 11) is -3.31. The second-order valence-corrected chi connectivity index (χ2v) is 7.62. The zero-order valence-corrected chi connectivity index (χ0v) is 14.6. The molecule has 1 fully saturated rings. The maximum absolute atomic E-state index is 11.8. The van der Waals surface area contributed by atoms with Crippen molar-refractivity contribution >= 4 is 22.1 Å². The number of hydrogen-bond acceptors (Lipinski definition) is 6. The number of amides is 1. The topological polar surface area (TPSA) is 116 Å². The predicted octanol–water partition coefficient (Wildman–Crippen LogP) is -0.109. The smallest absolute Gasteiger partial charge is 0.409 e. The summed E-state index contributed by atoms with van der Waals surface area (Å²) < 4.78 is 29.2. The van der Waals surface area contributed by atoms with E-state index in [1.165, 1.54) is 16.1 Å². The van der Waals surface area contributed by atoms with E-state index in [2.05, 4.69) is 5.32 Å². The number of ether oxygens (including phenoxy) is 1. The van der Waals surface area contributed by atoms with Gasteiger partial charge in [-0.25, -0.2) is 18.0 Å². The Hall–Kier alpha value is -1.39. The van der Waals surface area contributed by atoms with Gasteiger partial charge in [0.1, 0.15) is 0 Å². The lowest BCUT2D eigenvalue weighted by molar-refractivity contribution is -0.153. The molecule has 1 rings (SSSR count). The highest BCUT2D eigenvalue weighted by Gasteiger charge is 2.43. The summed E-state index contributed by atoms with van der Waals surface area (Å²) in [6.45, 7) is 4.29. The van der Waals surface area contributed by atoms with Gasteiger partial charge in [-0.05, 0) is 13.3 Å². The van der Waals surface area contributed by atoms with Gasteiger partial charge < -0.3 is 9.84 Å². The Morgan fingerprint density at radius 1 is 1.26 bits per heavy atom. The van der Waals surface area contributed by atoms with Gasteiger partial charge in [0.15, 0.2) is 5.66 Å². The van der Waals surface area contributed by atoms with E-state index < -0.39 is 27.7 Å². The summed E-state index contributed by atoms with van der Waals surface area (Å²) in [6, 6.07) is 0. The number of carboxylic acids is 1. The van der Waals surface area contributed by atoms with E-state index in [9.17, 15) is 23.1 Å². The maximum atomic E-state index is 11.8. The first-order valence-corrected chi connectivity index (χ1v) is 9.34. The van der Waals surface area contributed by atoms with Gasteiger partial charge in [0.2, 0.25) is 10.0 Å². The molecule has 0 aromatic carbocycles. The van der Waals surface area contributed by atoms with E-state index in [0.29, 0.717) is 6.42 Å². The summed E-state index contributed by atoms with van der Waals surface area (Å²) in [5, 5.41) is 11.9. The molecule has 0 radical (unpaired) electrons. The van der Waals surface area contributed by atoms with Crippen molar-refractivity contribution < 1.29 is 27.9 Å². The van der Waals surface area contributed by atoms with Crippen LogP contribution in [0.5, 0.6) is 0 Å². The van der Waals surface area contributed by atoms with Crippen LogP contribution >= 0.6 is 0 Å². The van der Waals surface area contributed by atoms with E-state index in [4.69, 9.17) is 4.74 Å². The third kappa shape index (κ3) is 5.33. The number of unbranched alkanes of at least 4 members (excludes halogenated alkanes) is 1. The quantitative estimate of drug-likeness (QED) is 0.615. The molecule has 0 spiro atoms. The van der Waals surface area contributed by atoms with Crippen molar-refractivity contribution in [1.82, 2.24) is 14.5 Å². The normalized spacial score (nSPS) is 19.8. The standard InChI is InChI=1S/C13H25N3O6S/c1-4-5-10-22-12(19)14-13(2,11(17)18)15-6-8-16(9-7-15)23(3,20)21/h4-10H2,1-3H3,(H,14,19)(H,17,18). The maximum Gasteiger partial charge on any atom is 0.409 e. The lowest BCUT2D eigenvalue weighted by Gasteiger charge is -2.42. The van der Waals surface area contributed by atoms with Gasteiger partial charge in [-0.1, -0.05) is 13.3 Å². The van der Waals surface area contributed by atoms with Crippen LogP contribution in [0.1, 0.15) is 26.7 Å². The van der Waals surface area contributed by atoms with Crippen molar-refractivity contribution in [2.45, 2.75) is 32.4 Å². The SMILES string of the molecule is CCCCOC(=O)NC(C)(C(=O)O)N1CCN(S(C)(=O)=O)CC1. The molecule has 134 valence electrons. The van der Waals surface area contributed by atoms with Crippen LogP contribution in [0.25, 0.3) is 0 Å². The summed E-state index contributed by atoms with van der Waals surface area (Å²) in [5.74, 6) is -1.22. The number of aliphatic carboxylic acids is 1. The number of rotatable bonds is 7. The molecule has 0 bridgehead atoms. The molecule has 9 nitrogen and oxygen atoms in total. The lowest BCUT2D eigenvalue weighted by Crippen LogP contribution is -2.67. The second-order valence-electron chi connectivity index (χ2n) is 5.64. The Kier molecular flexibility index (Phi) is 6.78. The largest absolute Gasteiger partial charge is 0.478 e. The average Bonchev–Trinajstić information content (AvgIpc) is 2.46. The fraction of sp³-hybridized carbons (Fsp3) is 0.846. The van der Waals surface area contributed by atoms with Gasteiger partial charge in [-0.15, -0.1) is 0 Å². The van der Waals surface area contributed by atoms with Crippen LogP contribution in [0.15, 0.2) is 0 Å². The van der Waals surface area contributed by atoms with Crippen LogP contribution in [-0.2, 0) is 19.6 Å². The van der Waals surface area contributed by atoms with E-state index in [1.54, 1.807) is 0 Å². The second kappa shape index (κ2) is 7.93. The number of carboxylic acid groups (broad SMARTS) is 1. The number of nitrogens with one attached hydrogen (secondary N) is 1. The first-order valence-electron chi connectivity index (χ1n) is 7.49. The number of carbonyl (C=O) groups excluding carboxylic acids is 1. The highest BCUT2D eigenvalue weighted by molar-refractivity contribution is 7.88. The molecule has 0 aliphatic carbocycles. The van der Waals surface area contributed by atoms with Crippen LogP contribution in [0.2, 0.25) is 0 Å². The zero-order chi connectivity index (χ0) is 17.7. The highest BCUT2D eigenvalue weighted by atomic mass is 32.2. The number of piperazine rings is 1. The van der Waals surface area contributed by atoms with Crippen LogP contribution in [-0.4, -0.2) is 79.5 Å². The number of nitrogens with zero attached hydrogens (tertiary/aromatic N) is 2. The number of sulfonamides is 1. The Bertz CT molecular complexity index is 530. The summed E-state index contributed by atoms with van der Waals surface area (Å²) in [6.07, 6.45) is 1.87. The minimum Gasteiger partial charge on any atom is -0.478 e. The van der Waals surface area contributed by atoms with Crippen molar-refractivity contribution in [3.8, 4) is 0 Å². The summed E-state index contributed by atoms with van der Waals surface area (Å²) in [5.41, 5.74) is -1.65. The van der Waals surface area contributed by atoms with Crippen LogP contribution in [0.4, 0.5) is 4.79 Å². The van der Waals surface area contributed by atoms with E-state index >= 15 is 0 Å². The lowest BCUT2D eigenvalue weighted by atomic mass is 10.1. The predicted molar refractivity (Wildman–Crippen MR) is 83.4 cm³/mol. The molecule has 0 aromatic rings. The molecule has 1 unspecified atom stereocenters. The first kappa shape index (κ1) is 19.7. The first-order chi connectivity index (χ1) is 10.6. The highest BCUT2D eigenvalue weighted by Crippen LogP contribution is 2.17. The monoisotopic (exact) mass is 351 g/mol. The molecule has 1 amide bonds. The van der Waals surface area contributed by atoms with E-state index in [1.807, 2.05) is 6.92 Å². The van der Waals surface area contributed by atoms with Gasteiger partial charge in [0, 0.05) is 26.2 Å². The van der Waals surface area contributed by atoms with Gasteiger partial charge >= 0.3 is 12.1 Å². The summed E-state index contributed by atoms with van der Waals surface area (Å²) >= 11 is 0. The summed E-state index contributed by atoms with van der Waals surface area (Å²) in [4.78, 5) is 24.9. The average molecular weight is 351 g/mol. The van der Waals surface area contributed by atoms with Gasteiger partial charge in [0.05, 0.1) is 12.9 Å². The van der Waals surface area contributed by atoms with Crippen molar-refractivity contribution in [2.24, 2.45) is 0 Å². The van der Waals surface area contributed by atoms with E-state index in [-0.39, 0.29) is 32.8 Å². The van der Waals surface area contributed by atoms with Crippen LogP contribution < -0.4 is 5.32 Å². The third-order valence-electron chi connectivity index (χ3n) is 3.83. The molecule has 2 N–H and O–H groups in total. The number of hydrogen-bond donors (Lipinski definition) is 2. The molecule has 1 atom stereocenters. The Morgan fingerprint density at radius 2 is 1.83 bits per heavy atom. The Balaban J connectivity index is 2.71. The van der Waals surface area contributed by atoms with Gasteiger partial charge in [-0.3, -0.25) is 10.2 Å². The van der Waals surface area contributed by atoms with Crippen LogP contribution in [0.3, 0.4) is 0 Å². The number of carbonyl (C=O) groups is 2. The van der Waals surface area contributed by atoms with Crippen molar-refractivity contribution in [3.63, 3.8) is 0 Å². The molecule has 0 aromatic heterocycles. The fourth-order valence-corrected chi connectivity index (χ4v) is 3.11. The fourth-order valence-electron chi connectivity index (χ4n) is 2.28. The Morgan fingerprint density at radius 3 is 2.26 bits per heavy atom. The number of alkyl carbamates (subject to hydrolysis) is 1. The molecule has 1 heterocycles. The molecule has 1 aliphatic rings. The molecular weight excluding hydrogens is 326 g/mol. The third-order valence-corrected chi connectivity index (χ3v) is 5.14. The molecular formula is C13H25N3O6S. The molecule has 1 aliphatic heterocycles. The van der Waals surface area contributed by atoms with Gasteiger partial charge in [0.25, 0.3) is 0 Å². The van der Waals surface area contributed by atoms with E-state index in [0.717, 1.165) is 12.7 Å². The molecule has 1 saturated heterocycles. The van der Waals surface area contributed by atoms with Crippen molar-refractivity contribution in [2.75, 3.05) is 39.0 Å². The zero-order valence-electron chi connectivity index (χ0n) is 13.7.